The highest BCUT2D eigenvalue weighted by Gasteiger charge is 2.38. The zero-order valence-electron chi connectivity index (χ0n) is 9.03. The molecule has 1 fully saturated rings. The summed E-state index contributed by atoms with van der Waals surface area (Å²) in [5.41, 5.74) is 1.43. The van der Waals surface area contributed by atoms with Crippen molar-refractivity contribution in [3.05, 3.63) is 18.0 Å². The molecular weight excluding hydrogens is 174 g/mol. The Morgan fingerprint density at radius 1 is 1.57 bits per heavy atom. The standard InChI is InChI=1S/C11H19N3/c1-3-12-6-9-5-11(9)10-7-13-14(4-2)8-10/h7-9,11-12H,3-6H2,1-2H3. The third kappa shape index (κ3) is 1.98. The van der Waals surface area contributed by atoms with Crippen molar-refractivity contribution in [2.75, 3.05) is 13.1 Å². The molecule has 0 bridgehead atoms. The van der Waals surface area contributed by atoms with E-state index in [0.717, 1.165) is 24.9 Å². The molecule has 78 valence electrons. The zero-order valence-corrected chi connectivity index (χ0v) is 9.03. The predicted molar refractivity (Wildman–Crippen MR) is 57.3 cm³/mol. The Morgan fingerprint density at radius 2 is 2.43 bits per heavy atom. The van der Waals surface area contributed by atoms with Gasteiger partial charge in [0, 0.05) is 12.7 Å². The van der Waals surface area contributed by atoms with E-state index in [2.05, 4.69) is 30.5 Å². The molecular formula is C11H19N3. The first-order chi connectivity index (χ1) is 6.85. The summed E-state index contributed by atoms with van der Waals surface area (Å²) in [6.45, 7) is 7.51. The van der Waals surface area contributed by atoms with Gasteiger partial charge in [-0.1, -0.05) is 6.92 Å². The van der Waals surface area contributed by atoms with Gasteiger partial charge in [0.1, 0.15) is 0 Å². The average molecular weight is 193 g/mol. The van der Waals surface area contributed by atoms with Gasteiger partial charge in [-0.2, -0.15) is 5.10 Å². The number of hydrogen-bond donors (Lipinski definition) is 1. The Kier molecular flexibility index (Phi) is 2.87. The highest BCUT2D eigenvalue weighted by molar-refractivity contribution is 5.20. The molecule has 0 spiro atoms. The Morgan fingerprint density at radius 3 is 3.07 bits per heavy atom. The van der Waals surface area contributed by atoms with Crippen LogP contribution in [0.3, 0.4) is 0 Å². The molecule has 0 amide bonds. The van der Waals surface area contributed by atoms with Gasteiger partial charge in [-0.05, 0) is 43.8 Å². The van der Waals surface area contributed by atoms with Gasteiger partial charge in [0.25, 0.3) is 0 Å². The first-order valence-corrected chi connectivity index (χ1v) is 5.58. The summed E-state index contributed by atoms with van der Waals surface area (Å²) in [7, 11) is 0. The van der Waals surface area contributed by atoms with Crippen molar-refractivity contribution >= 4 is 0 Å². The van der Waals surface area contributed by atoms with E-state index < -0.39 is 0 Å². The van der Waals surface area contributed by atoms with Gasteiger partial charge in [-0.15, -0.1) is 0 Å². The summed E-state index contributed by atoms with van der Waals surface area (Å²) in [5.74, 6) is 1.62. The Balaban J connectivity index is 1.86. The SMILES string of the molecule is CCNCC1CC1c1cnn(CC)c1. The third-order valence-corrected chi connectivity index (χ3v) is 2.98. The van der Waals surface area contributed by atoms with E-state index in [1.807, 2.05) is 10.9 Å². The fourth-order valence-corrected chi connectivity index (χ4v) is 1.96. The molecule has 2 rings (SSSR count). The van der Waals surface area contributed by atoms with Crippen LogP contribution in [0.4, 0.5) is 0 Å². The molecule has 0 aliphatic heterocycles. The van der Waals surface area contributed by atoms with E-state index in [-0.39, 0.29) is 0 Å². The molecule has 0 aromatic carbocycles. The van der Waals surface area contributed by atoms with Crippen molar-refractivity contribution in [1.29, 1.82) is 0 Å². The van der Waals surface area contributed by atoms with Gasteiger partial charge >= 0.3 is 0 Å². The van der Waals surface area contributed by atoms with Crippen LogP contribution in [0.5, 0.6) is 0 Å². The maximum atomic E-state index is 4.31. The van der Waals surface area contributed by atoms with Gasteiger partial charge < -0.3 is 5.32 Å². The number of aryl methyl sites for hydroxylation is 1. The summed E-state index contributed by atoms with van der Waals surface area (Å²) < 4.78 is 2.01. The van der Waals surface area contributed by atoms with Crippen molar-refractivity contribution < 1.29 is 0 Å². The van der Waals surface area contributed by atoms with E-state index in [4.69, 9.17) is 0 Å². The number of hydrogen-bond acceptors (Lipinski definition) is 2. The maximum Gasteiger partial charge on any atom is 0.0524 e. The molecule has 1 N–H and O–H groups in total. The van der Waals surface area contributed by atoms with Crippen molar-refractivity contribution in [3.8, 4) is 0 Å². The van der Waals surface area contributed by atoms with Crippen LogP contribution in [-0.2, 0) is 6.54 Å². The topological polar surface area (TPSA) is 29.9 Å². The van der Waals surface area contributed by atoms with Crippen LogP contribution >= 0.6 is 0 Å². The first kappa shape index (κ1) is 9.71. The molecule has 1 aromatic rings. The molecule has 1 saturated carbocycles. The van der Waals surface area contributed by atoms with Gasteiger partial charge in [-0.3, -0.25) is 4.68 Å². The predicted octanol–water partition coefficient (Wildman–Crippen LogP) is 1.62. The number of nitrogens with zero attached hydrogens (tertiary/aromatic N) is 2. The largest absolute Gasteiger partial charge is 0.317 e. The monoisotopic (exact) mass is 193 g/mol. The second-order valence-electron chi connectivity index (χ2n) is 4.04. The quantitative estimate of drug-likeness (QED) is 0.770. The molecule has 0 radical (unpaired) electrons. The van der Waals surface area contributed by atoms with E-state index in [9.17, 15) is 0 Å². The lowest BCUT2D eigenvalue weighted by Crippen LogP contribution is -2.16. The summed E-state index contributed by atoms with van der Waals surface area (Å²) >= 11 is 0. The molecule has 1 heterocycles. The molecule has 3 nitrogen and oxygen atoms in total. The molecule has 3 heteroatoms. The Bertz CT molecular complexity index is 292. The second kappa shape index (κ2) is 4.13. The van der Waals surface area contributed by atoms with Crippen LogP contribution in [0, 0.1) is 5.92 Å². The maximum absolute atomic E-state index is 4.31. The summed E-state index contributed by atoms with van der Waals surface area (Å²) in [4.78, 5) is 0. The third-order valence-electron chi connectivity index (χ3n) is 2.98. The van der Waals surface area contributed by atoms with Crippen molar-refractivity contribution in [1.82, 2.24) is 15.1 Å². The Labute approximate surface area is 85.5 Å². The highest BCUT2D eigenvalue weighted by atomic mass is 15.3. The minimum absolute atomic E-state index is 0.773. The van der Waals surface area contributed by atoms with E-state index in [0.29, 0.717) is 0 Å². The van der Waals surface area contributed by atoms with Crippen LogP contribution in [0.25, 0.3) is 0 Å². The molecule has 1 aromatic heterocycles. The smallest absolute Gasteiger partial charge is 0.0524 e. The fraction of sp³-hybridized carbons (Fsp3) is 0.727. The first-order valence-electron chi connectivity index (χ1n) is 5.58. The van der Waals surface area contributed by atoms with E-state index in [1.165, 1.54) is 18.5 Å². The van der Waals surface area contributed by atoms with Crippen molar-refractivity contribution in [3.63, 3.8) is 0 Å². The minimum Gasteiger partial charge on any atom is -0.317 e. The lowest BCUT2D eigenvalue weighted by Gasteiger charge is -1.98. The zero-order chi connectivity index (χ0) is 9.97. The Hall–Kier alpha value is -0.830. The minimum atomic E-state index is 0.773. The van der Waals surface area contributed by atoms with E-state index in [1.54, 1.807) is 0 Å². The second-order valence-corrected chi connectivity index (χ2v) is 4.04. The molecule has 1 aliphatic carbocycles. The lowest BCUT2D eigenvalue weighted by molar-refractivity contribution is 0.646. The summed E-state index contributed by atoms with van der Waals surface area (Å²) in [6, 6.07) is 0. The summed E-state index contributed by atoms with van der Waals surface area (Å²) in [5, 5.41) is 7.71. The average Bonchev–Trinajstić information content (AvgIpc) is 2.82. The lowest BCUT2D eigenvalue weighted by atomic mass is 10.2. The molecule has 14 heavy (non-hydrogen) atoms. The van der Waals surface area contributed by atoms with E-state index >= 15 is 0 Å². The van der Waals surface area contributed by atoms with Crippen LogP contribution in [0.1, 0.15) is 31.7 Å². The number of rotatable bonds is 5. The van der Waals surface area contributed by atoms with Gasteiger partial charge in [0.2, 0.25) is 0 Å². The van der Waals surface area contributed by atoms with Crippen LogP contribution < -0.4 is 5.32 Å². The van der Waals surface area contributed by atoms with Gasteiger partial charge in [0.05, 0.1) is 6.20 Å². The fourth-order valence-electron chi connectivity index (χ4n) is 1.96. The van der Waals surface area contributed by atoms with Crippen molar-refractivity contribution in [2.45, 2.75) is 32.7 Å². The molecule has 2 atom stereocenters. The molecule has 2 unspecified atom stereocenters. The molecule has 0 saturated heterocycles. The van der Waals surface area contributed by atoms with Crippen LogP contribution in [0.15, 0.2) is 12.4 Å². The highest BCUT2D eigenvalue weighted by Crippen LogP contribution is 2.46. The van der Waals surface area contributed by atoms with Gasteiger partial charge in [0.15, 0.2) is 0 Å². The van der Waals surface area contributed by atoms with Crippen LogP contribution in [0.2, 0.25) is 0 Å². The van der Waals surface area contributed by atoms with Gasteiger partial charge in [-0.25, -0.2) is 0 Å². The number of aromatic nitrogens is 2. The van der Waals surface area contributed by atoms with Crippen LogP contribution in [-0.4, -0.2) is 22.9 Å². The summed E-state index contributed by atoms with van der Waals surface area (Å²) in [6.07, 6.45) is 5.55. The normalized spacial score (nSPS) is 25.3. The molecule has 1 aliphatic rings. The number of nitrogens with one attached hydrogen (secondary N) is 1. The van der Waals surface area contributed by atoms with Crippen molar-refractivity contribution in [2.24, 2.45) is 5.92 Å².